The molecule has 0 atom stereocenters. The Hall–Kier alpha value is -4.84. The van der Waals surface area contributed by atoms with E-state index < -0.39 is 0 Å². The molecule has 0 radical (unpaired) electrons. The van der Waals surface area contributed by atoms with Crippen LogP contribution in [0.1, 0.15) is 57.5 Å². The molecule has 6 heteroatoms. The van der Waals surface area contributed by atoms with Gasteiger partial charge in [-0.3, -0.25) is 18.7 Å². The molecule has 0 saturated carbocycles. The molecule has 6 nitrogen and oxygen atoms in total. The molecule has 0 fully saturated rings. The third-order valence-corrected chi connectivity index (χ3v) is 7.34. The lowest BCUT2D eigenvalue weighted by Crippen LogP contribution is -2.09. The van der Waals surface area contributed by atoms with Gasteiger partial charge < -0.3 is 0 Å². The van der Waals surface area contributed by atoms with Gasteiger partial charge in [-0.15, -0.1) is 0 Å². The summed E-state index contributed by atoms with van der Waals surface area (Å²) < 4.78 is 3.34. The van der Waals surface area contributed by atoms with Crippen LogP contribution in [-0.4, -0.2) is 30.9 Å². The molecule has 0 N–H and O–H groups in total. The number of benzene rings is 4. The van der Waals surface area contributed by atoms with Crippen molar-refractivity contribution in [2.24, 2.45) is 0 Å². The number of hydrogen-bond donors (Lipinski definition) is 0. The van der Waals surface area contributed by atoms with Crippen LogP contribution >= 0.6 is 0 Å². The molecule has 0 aliphatic rings. The number of rotatable bonds is 8. The first-order valence-corrected chi connectivity index (χ1v) is 14.5. The summed E-state index contributed by atoms with van der Waals surface area (Å²) in [7, 11) is 0. The van der Waals surface area contributed by atoms with E-state index in [9.17, 15) is 9.59 Å². The van der Waals surface area contributed by atoms with E-state index in [-0.39, 0.29) is 11.8 Å². The molecule has 42 heavy (non-hydrogen) atoms. The molecule has 0 amide bonds. The zero-order valence-electron chi connectivity index (χ0n) is 24.2. The maximum atomic E-state index is 12.3. The number of imidazole rings is 2. The van der Waals surface area contributed by atoms with Crippen molar-refractivity contribution in [2.45, 2.75) is 52.4 Å². The minimum Gasteiger partial charge on any atom is -0.274 e. The standard InChI is InChI=1S/2C18H18N2O/c1-14-10-11-17-16(12-14)19-13-20(17)18(21)9-5-8-15-6-3-2-4-7-15;1-14-10-11-16-17(12-14)20(13-19-16)18(21)9-5-8-15-6-3-2-4-7-15/h2*2-4,6-7,10-13H,5,8-9H2,1H3. The number of aryl methyl sites for hydroxylation is 4. The molecule has 0 spiro atoms. The van der Waals surface area contributed by atoms with Gasteiger partial charge in [0.1, 0.15) is 12.7 Å². The lowest BCUT2D eigenvalue weighted by molar-refractivity contribution is 0.0896. The van der Waals surface area contributed by atoms with Crippen LogP contribution in [0.3, 0.4) is 0 Å². The second-order valence-electron chi connectivity index (χ2n) is 10.7. The highest BCUT2D eigenvalue weighted by atomic mass is 16.2. The Morgan fingerprint density at radius 1 is 0.571 bits per heavy atom. The van der Waals surface area contributed by atoms with Crippen molar-refractivity contribution >= 4 is 33.9 Å². The number of carbonyl (C=O) groups is 2. The van der Waals surface area contributed by atoms with E-state index >= 15 is 0 Å². The third-order valence-electron chi connectivity index (χ3n) is 7.34. The minimum atomic E-state index is 0.109. The molecular formula is C36H36N4O2. The van der Waals surface area contributed by atoms with Crippen molar-refractivity contribution in [2.75, 3.05) is 0 Å². The molecule has 0 bridgehead atoms. The summed E-state index contributed by atoms with van der Waals surface area (Å²) in [5, 5.41) is 0. The quantitative estimate of drug-likeness (QED) is 0.190. The van der Waals surface area contributed by atoms with Crippen LogP contribution in [0, 0.1) is 13.8 Å². The van der Waals surface area contributed by atoms with E-state index in [0.29, 0.717) is 12.8 Å². The minimum absolute atomic E-state index is 0.109. The van der Waals surface area contributed by atoms with Crippen LogP contribution in [0.2, 0.25) is 0 Å². The van der Waals surface area contributed by atoms with Gasteiger partial charge in [0, 0.05) is 12.8 Å². The Morgan fingerprint density at radius 2 is 1.07 bits per heavy atom. The summed E-state index contributed by atoms with van der Waals surface area (Å²) in [6, 6.07) is 32.5. The maximum Gasteiger partial charge on any atom is 0.232 e. The summed E-state index contributed by atoms with van der Waals surface area (Å²) in [6.45, 7) is 4.05. The second kappa shape index (κ2) is 13.7. The van der Waals surface area contributed by atoms with Gasteiger partial charge >= 0.3 is 0 Å². The second-order valence-corrected chi connectivity index (χ2v) is 10.7. The number of aromatic nitrogens is 4. The topological polar surface area (TPSA) is 69.8 Å². The van der Waals surface area contributed by atoms with Crippen LogP contribution in [0.5, 0.6) is 0 Å². The van der Waals surface area contributed by atoms with Crippen LogP contribution in [-0.2, 0) is 12.8 Å². The summed E-state index contributed by atoms with van der Waals surface area (Å²) in [4.78, 5) is 33.3. The summed E-state index contributed by atoms with van der Waals surface area (Å²) in [6.07, 6.45) is 7.91. The number of carbonyl (C=O) groups excluding carboxylic acids is 2. The fourth-order valence-electron chi connectivity index (χ4n) is 5.06. The highest BCUT2D eigenvalue weighted by Crippen LogP contribution is 2.17. The molecule has 6 aromatic rings. The van der Waals surface area contributed by atoms with Gasteiger partial charge in [-0.1, -0.05) is 72.8 Å². The Morgan fingerprint density at radius 3 is 1.67 bits per heavy atom. The van der Waals surface area contributed by atoms with Gasteiger partial charge in [0.25, 0.3) is 0 Å². The van der Waals surface area contributed by atoms with Gasteiger partial charge in [0.15, 0.2) is 0 Å². The molecule has 2 heterocycles. The fourth-order valence-corrected chi connectivity index (χ4v) is 5.06. The van der Waals surface area contributed by atoms with Crippen molar-refractivity contribution in [3.05, 3.63) is 132 Å². The van der Waals surface area contributed by atoms with Crippen LogP contribution in [0.15, 0.2) is 110 Å². The zero-order valence-corrected chi connectivity index (χ0v) is 24.2. The van der Waals surface area contributed by atoms with Gasteiger partial charge in [0.05, 0.1) is 22.1 Å². The Balaban J connectivity index is 0.000000168. The van der Waals surface area contributed by atoms with Gasteiger partial charge in [-0.25, -0.2) is 9.97 Å². The van der Waals surface area contributed by atoms with Crippen molar-refractivity contribution in [3.8, 4) is 0 Å². The molecule has 4 aromatic carbocycles. The van der Waals surface area contributed by atoms with Crippen LogP contribution < -0.4 is 0 Å². The average molecular weight is 557 g/mol. The largest absolute Gasteiger partial charge is 0.274 e. The molecule has 0 aliphatic heterocycles. The number of nitrogens with zero attached hydrogens (tertiary/aromatic N) is 4. The van der Waals surface area contributed by atoms with E-state index in [4.69, 9.17) is 0 Å². The van der Waals surface area contributed by atoms with E-state index in [1.807, 2.05) is 86.6 Å². The molecular weight excluding hydrogens is 520 g/mol. The zero-order chi connectivity index (χ0) is 29.3. The Bertz CT molecular complexity index is 1790. The van der Waals surface area contributed by atoms with Gasteiger partial charge in [0.2, 0.25) is 11.8 Å². The number of fused-ring (bicyclic) bond motifs is 2. The normalized spacial score (nSPS) is 10.9. The average Bonchev–Trinajstić information content (AvgIpc) is 3.62. The first-order valence-electron chi connectivity index (χ1n) is 14.5. The summed E-state index contributed by atoms with van der Waals surface area (Å²) in [5.74, 6) is 0.219. The van der Waals surface area contributed by atoms with Crippen molar-refractivity contribution in [1.82, 2.24) is 19.1 Å². The first kappa shape index (κ1) is 28.7. The molecule has 2 aromatic heterocycles. The lowest BCUT2D eigenvalue weighted by atomic mass is 10.1. The molecule has 0 aliphatic carbocycles. The van der Waals surface area contributed by atoms with E-state index in [1.165, 1.54) is 11.1 Å². The molecule has 0 saturated heterocycles. The van der Waals surface area contributed by atoms with Crippen LogP contribution in [0.25, 0.3) is 22.1 Å². The molecule has 0 unspecified atom stereocenters. The molecule has 6 rings (SSSR count). The van der Waals surface area contributed by atoms with E-state index in [0.717, 1.165) is 58.9 Å². The SMILES string of the molecule is Cc1ccc2c(c1)ncn2C(=O)CCCc1ccccc1.Cc1ccc2ncn(C(=O)CCCc3ccccc3)c2c1. The Labute approximate surface area is 246 Å². The van der Waals surface area contributed by atoms with Crippen molar-refractivity contribution < 1.29 is 9.59 Å². The van der Waals surface area contributed by atoms with Crippen molar-refractivity contribution in [3.63, 3.8) is 0 Å². The van der Waals surface area contributed by atoms with Gasteiger partial charge in [-0.2, -0.15) is 0 Å². The van der Waals surface area contributed by atoms with Crippen LogP contribution in [0.4, 0.5) is 0 Å². The van der Waals surface area contributed by atoms with E-state index in [1.54, 1.807) is 21.8 Å². The third kappa shape index (κ3) is 7.26. The fraction of sp³-hybridized carbons (Fsp3) is 0.222. The first-order chi connectivity index (χ1) is 20.5. The summed E-state index contributed by atoms with van der Waals surface area (Å²) >= 11 is 0. The predicted octanol–water partition coefficient (Wildman–Crippen LogP) is 8.02. The predicted molar refractivity (Wildman–Crippen MR) is 169 cm³/mol. The molecule has 212 valence electrons. The number of hydrogen-bond acceptors (Lipinski definition) is 4. The van der Waals surface area contributed by atoms with E-state index in [2.05, 4.69) is 34.2 Å². The maximum absolute atomic E-state index is 12.3. The monoisotopic (exact) mass is 556 g/mol. The highest BCUT2D eigenvalue weighted by Gasteiger charge is 2.11. The summed E-state index contributed by atoms with van der Waals surface area (Å²) in [5.41, 5.74) is 8.40. The van der Waals surface area contributed by atoms with Gasteiger partial charge in [-0.05, 0) is 86.1 Å². The van der Waals surface area contributed by atoms with Crippen molar-refractivity contribution in [1.29, 1.82) is 0 Å². The smallest absolute Gasteiger partial charge is 0.232 e. The lowest BCUT2D eigenvalue weighted by Gasteiger charge is -2.04. The Kier molecular flexibility index (Phi) is 9.34. The highest BCUT2D eigenvalue weighted by molar-refractivity contribution is 5.91.